The van der Waals surface area contributed by atoms with Gasteiger partial charge in [-0.2, -0.15) is 0 Å². The van der Waals surface area contributed by atoms with E-state index < -0.39 is 5.60 Å². The van der Waals surface area contributed by atoms with Gasteiger partial charge in [-0.1, -0.05) is 11.6 Å². The first-order valence-electron chi connectivity index (χ1n) is 8.09. The van der Waals surface area contributed by atoms with Crippen LogP contribution in [0.4, 0.5) is 4.79 Å². The Kier molecular flexibility index (Phi) is 7.06. The van der Waals surface area contributed by atoms with Gasteiger partial charge in [0.25, 0.3) is 0 Å². The second kappa shape index (κ2) is 8.34. The summed E-state index contributed by atoms with van der Waals surface area (Å²) in [4.78, 5) is 27.7. The Hall–Kier alpha value is -1.56. The molecule has 1 amide bonds. The highest BCUT2D eigenvalue weighted by molar-refractivity contribution is 5.70. The molecular weight excluding hydrogens is 296 g/mol. The number of carbonyl (C=O) groups excluding carboxylic acids is 2. The maximum atomic E-state index is 12.1. The molecule has 1 atom stereocenters. The van der Waals surface area contributed by atoms with Gasteiger partial charge in [-0.3, -0.25) is 9.69 Å². The molecule has 1 heterocycles. The highest BCUT2D eigenvalue weighted by Gasteiger charge is 2.30. The SMILES string of the molecule is CC=C(C)C(CC(=O)OC)N1CCN(C(=O)OC(C)(C)C)CC1. The lowest BCUT2D eigenvalue weighted by molar-refractivity contribution is -0.141. The summed E-state index contributed by atoms with van der Waals surface area (Å²) in [5.74, 6) is -0.217. The largest absolute Gasteiger partial charge is 0.469 e. The number of methoxy groups -OCH3 is 1. The summed E-state index contributed by atoms with van der Waals surface area (Å²) in [6.07, 6.45) is 2.08. The van der Waals surface area contributed by atoms with Crippen LogP contribution in [0.5, 0.6) is 0 Å². The topological polar surface area (TPSA) is 59.1 Å². The molecule has 1 aliphatic rings. The number of nitrogens with zero attached hydrogens (tertiary/aromatic N) is 2. The third-order valence-corrected chi connectivity index (χ3v) is 3.98. The Labute approximate surface area is 139 Å². The Morgan fingerprint density at radius 1 is 1.17 bits per heavy atom. The number of piperazine rings is 1. The lowest BCUT2D eigenvalue weighted by Gasteiger charge is -2.39. The van der Waals surface area contributed by atoms with E-state index in [4.69, 9.17) is 9.47 Å². The molecule has 0 bridgehead atoms. The van der Waals surface area contributed by atoms with E-state index in [2.05, 4.69) is 4.90 Å². The van der Waals surface area contributed by atoms with Gasteiger partial charge in [0.1, 0.15) is 5.60 Å². The van der Waals surface area contributed by atoms with Gasteiger partial charge in [0.15, 0.2) is 0 Å². The predicted molar refractivity (Wildman–Crippen MR) is 89.2 cm³/mol. The Morgan fingerprint density at radius 3 is 2.17 bits per heavy atom. The highest BCUT2D eigenvalue weighted by atomic mass is 16.6. The van der Waals surface area contributed by atoms with Crippen LogP contribution in [0.25, 0.3) is 0 Å². The van der Waals surface area contributed by atoms with Crippen LogP contribution in [0, 0.1) is 0 Å². The van der Waals surface area contributed by atoms with Gasteiger partial charge in [0.05, 0.1) is 13.5 Å². The molecule has 0 aromatic heterocycles. The van der Waals surface area contributed by atoms with Gasteiger partial charge in [0, 0.05) is 32.2 Å². The van der Waals surface area contributed by atoms with Crippen LogP contribution >= 0.6 is 0 Å². The quantitative estimate of drug-likeness (QED) is 0.586. The first-order chi connectivity index (χ1) is 10.7. The third kappa shape index (κ3) is 6.22. The van der Waals surface area contributed by atoms with E-state index in [1.807, 2.05) is 40.7 Å². The molecule has 6 heteroatoms. The number of carbonyl (C=O) groups is 2. The maximum Gasteiger partial charge on any atom is 0.410 e. The average Bonchev–Trinajstić information content (AvgIpc) is 2.50. The number of esters is 1. The van der Waals surface area contributed by atoms with Crippen molar-refractivity contribution in [2.75, 3.05) is 33.3 Å². The molecule has 0 N–H and O–H groups in total. The van der Waals surface area contributed by atoms with Crippen LogP contribution in [-0.2, 0) is 14.3 Å². The van der Waals surface area contributed by atoms with E-state index in [9.17, 15) is 9.59 Å². The molecule has 23 heavy (non-hydrogen) atoms. The van der Waals surface area contributed by atoms with Crippen LogP contribution in [0.15, 0.2) is 11.6 Å². The van der Waals surface area contributed by atoms with Crippen molar-refractivity contribution in [2.24, 2.45) is 0 Å². The van der Waals surface area contributed by atoms with Crippen molar-refractivity contribution in [3.8, 4) is 0 Å². The van der Waals surface area contributed by atoms with Gasteiger partial charge in [-0.15, -0.1) is 0 Å². The number of amides is 1. The van der Waals surface area contributed by atoms with Crippen molar-refractivity contribution in [1.29, 1.82) is 0 Å². The second-order valence-corrected chi connectivity index (χ2v) is 6.83. The molecule has 0 aliphatic carbocycles. The molecule has 0 spiro atoms. The van der Waals surface area contributed by atoms with E-state index in [1.165, 1.54) is 7.11 Å². The summed E-state index contributed by atoms with van der Waals surface area (Å²) in [6, 6.07) is 0.0215. The van der Waals surface area contributed by atoms with Crippen LogP contribution in [0.2, 0.25) is 0 Å². The van der Waals surface area contributed by atoms with E-state index in [1.54, 1.807) is 4.90 Å². The molecule has 1 saturated heterocycles. The van der Waals surface area contributed by atoms with Gasteiger partial charge in [0.2, 0.25) is 0 Å². The minimum Gasteiger partial charge on any atom is -0.469 e. The first kappa shape index (κ1) is 19.5. The number of allylic oxidation sites excluding steroid dienone is 1. The van der Waals surface area contributed by atoms with Crippen molar-refractivity contribution in [3.63, 3.8) is 0 Å². The molecule has 0 aromatic rings. The highest BCUT2D eigenvalue weighted by Crippen LogP contribution is 2.19. The zero-order valence-corrected chi connectivity index (χ0v) is 15.2. The van der Waals surface area contributed by atoms with Crippen molar-refractivity contribution in [2.45, 2.75) is 52.7 Å². The Bertz CT molecular complexity index is 446. The zero-order valence-electron chi connectivity index (χ0n) is 15.2. The molecule has 6 nitrogen and oxygen atoms in total. The lowest BCUT2D eigenvalue weighted by atomic mass is 10.0. The monoisotopic (exact) mass is 326 g/mol. The molecule has 1 unspecified atom stereocenters. The summed E-state index contributed by atoms with van der Waals surface area (Å²) < 4.78 is 10.2. The van der Waals surface area contributed by atoms with E-state index in [0.29, 0.717) is 32.6 Å². The van der Waals surface area contributed by atoms with Crippen molar-refractivity contribution >= 4 is 12.1 Å². The minimum atomic E-state index is -0.483. The van der Waals surface area contributed by atoms with Gasteiger partial charge in [-0.25, -0.2) is 4.79 Å². The maximum absolute atomic E-state index is 12.1. The lowest BCUT2D eigenvalue weighted by Crippen LogP contribution is -2.53. The molecule has 1 fully saturated rings. The number of hydrogen-bond donors (Lipinski definition) is 0. The molecular formula is C17H30N2O4. The molecule has 132 valence electrons. The molecule has 0 aromatic carbocycles. The fourth-order valence-electron chi connectivity index (χ4n) is 2.55. The Morgan fingerprint density at radius 2 is 1.74 bits per heavy atom. The summed E-state index contributed by atoms with van der Waals surface area (Å²) in [5, 5.41) is 0. The third-order valence-electron chi connectivity index (χ3n) is 3.98. The first-order valence-corrected chi connectivity index (χ1v) is 8.09. The number of hydrogen-bond acceptors (Lipinski definition) is 5. The zero-order chi connectivity index (χ0) is 17.6. The fraction of sp³-hybridized carbons (Fsp3) is 0.765. The van der Waals surface area contributed by atoms with Crippen LogP contribution in [0.1, 0.15) is 41.0 Å². The summed E-state index contributed by atoms with van der Waals surface area (Å²) >= 11 is 0. The standard InChI is InChI=1S/C17H30N2O4/c1-7-13(2)14(12-15(20)22-6)18-8-10-19(11-9-18)16(21)23-17(3,4)5/h7,14H,8-12H2,1-6H3. The van der Waals surface area contributed by atoms with E-state index in [-0.39, 0.29) is 18.1 Å². The summed E-state index contributed by atoms with van der Waals surface area (Å²) in [5.41, 5.74) is 0.657. The van der Waals surface area contributed by atoms with Crippen LogP contribution in [0.3, 0.4) is 0 Å². The number of ether oxygens (including phenoxy) is 2. The van der Waals surface area contributed by atoms with Crippen molar-refractivity contribution in [1.82, 2.24) is 9.80 Å². The smallest absolute Gasteiger partial charge is 0.410 e. The van der Waals surface area contributed by atoms with E-state index in [0.717, 1.165) is 5.57 Å². The van der Waals surface area contributed by atoms with Crippen LogP contribution < -0.4 is 0 Å². The second-order valence-electron chi connectivity index (χ2n) is 6.83. The predicted octanol–water partition coefficient (Wildman–Crippen LogP) is 2.44. The van der Waals surface area contributed by atoms with Gasteiger partial charge < -0.3 is 14.4 Å². The van der Waals surface area contributed by atoms with E-state index >= 15 is 0 Å². The van der Waals surface area contributed by atoms with Gasteiger partial charge >= 0.3 is 12.1 Å². The molecule has 0 saturated carbocycles. The molecule has 1 rings (SSSR count). The van der Waals surface area contributed by atoms with Gasteiger partial charge in [-0.05, 0) is 34.6 Å². The summed E-state index contributed by atoms with van der Waals surface area (Å²) in [7, 11) is 1.41. The normalized spacial score (nSPS) is 18.5. The fourth-order valence-corrected chi connectivity index (χ4v) is 2.55. The summed E-state index contributed by atoms with van der Waals surface area (Å²) in [6.45, 7) is 12.2. The average molecular weight is 326 g/mol. The van der Waals surface area contributed by atoms with Crippen molar-refractivity contribution in [3.05, 3.63) is 11.6 Å². The van der Waals surface area contributed by atoms with Crippen molar-refractivity contribution < 1.29 is 19.1 Å². The van der Waals surface area contributed by atoms with Crippen LogP contribution in [-0.4, -0.2) is 66.8 Å². The molecule has 0 radical (unpaired) electrons. The minimum absolute atomic E-state index is 0.0215. The molecule has 1 aliphatic heterocycles. The Balaban J connectivity index is 2.64. The number of rotatable bonds is 4.